The molecule has 0 aromatic carbocycles. The normalized spacial score (nSPS) is 15.6. The first-order valence-electron chi connectivity index (χ1n) is 2.83. The van der Waals surface area contributed by atoms with Crippen LogP contribution >= 0.6 is 23.1 Å². The number of fused-ring (bicyclic) bond motifs is 1. The van der Waals surface area contributed by atoms with E-state index in [0.29, 0.717) is 0 Å². The van der Waals surface area contributed by atoms with E-state index in [1.807, 2.05) is 23.1 Å². The summed E-state index contributed by atoms with van der Waals surface area (Å²) in [6, 6.07) is 2.19. The van der Waals surface area contributed by atoms with Crippen LogP contribution in [0.25, 0.3) is 6.08 Å². The molecule has 0 unspecified atom stereocenters. The third kappa shape index (κ3) is 0.926. The summed E-state index contributed by atoms with van der Waals surface area (Å²) in [4.78, 5) is 2.87. The van der Waals surface area contributed by atoms with Crippen LogP contribution in [0.1, 0.15) is 4.88 Å². The molecule has 0 atom stereocenters. The molecular weight excluding hydrogens is 148 g/mol. The van der Waals surface area contributed by atoms with Crippen LogP contribution < -0.4 is 0 Å². The molecule has 46 valence electrons. The molecule has 1 aromatic rings. The van der Waals surface area contributed by atoms with Crippen LogP contribution in [0.15, 0.2) is 22.4 Å². The van der Waals surface area contributed by atoms with Crippen molar-refractivity contribution in [2.75, 3.05) is 5.75 Å². The molecule has 0 amide bonds. The Labute approximate surface area is 62.6 Å². The SMILES string of the molecule is C1=Cc2sccc2SC1. The molecule has 0 saturated carbocycles. The summed E-state index contributed by atoms with van der Waals surface area (Å²) in [7, 11) is 0. The Morgan fingerprint density at radius 1 is 1.44 bits per heavy atom. The average Bonchev–Trinajstić information content (AvgIpc) is 2.33. The smallest absolute Gasteiger partial charge is 0.0403 e. The number of thiophene rings is 1. The zero-order valence-corrected chi connectivity index (χ0v) is 6.47. The van der Waals surface area contributed by atoms with E-state index in [-0.39, 0.29) is 0 Å². The van der Waals surface area contributed by atoms with Gasteiger partial charge in [-0.15, -0.1) is 23.1 Å². The molecule has 2 heterocycles. The molecule has 0 bridgehead atoms. The van der Waals surface area contributed by atoms with Crippen molar-refractivity contribution in [1.82, 2.24) is 0 Å². The fraction of sp³-hybridized carbons (Fsp3) is 0.143. The van der Waals surface area contributed by atoms with E-state index in [2.05, 4.69) is 23.6 Å². The first-order valence-corrected chi connectivity index (χ1v) is 4.70. The van der Waals surface area contributed by atoms with Crippen molar-refractivity contribution in [1.29, 1.82) is 0 Å². The molecule has 0 fully saturated rings. The molecule has 0 N–H and O–H groups in total. The highest BCUT2D eigenvalue weighted by atomic mass is 32.2. The number of hydrogen-bond acceptors (Lipinski definition) is 2. The van der Waals surface area contributed by atoms with Crippen molar-refractivity contribution in [3.8, 4) is 0 Å². The van der Waals surface area contributed by atoms with Gasteiger partial charge in [0.25, 0.3) is 0 Å². The van der Waals surface area contributed by atoms with Crippen molar-refractivity contribution in [2.24, 2.45) is 0 Å². The molecule has 2 rings (SSSR count). The minimum absolute atomic E-state index is 1.14. The number of hydrogen-bond donors (Lipinski definition) is 0. The molecule has 0 saturated heterocycles. The second kappa shape index (κ2) is 2.20. The van der Waals surface area contributed by atoms with Gasteiger partial charge in [-0.2, -0.15) is 0 Å². The Kier molecular flexibility index (Phi) is 1.36. The molecule has 0 spiro atoms. The van der Waals surface area contributed by atoms with Gasteiger partial charge in [-0.1, -0.05) is 6.08 Å². The Bertz CT molecular complexity index is 235. The van der Waals surface area contributed by atoms with E-state index < -0.39 is 0 Å². The van der Waals surface area contributed by atoms with Crippen LogP contribution in [0.4, 0.5) is 0 Å². The van der Waals surface area contributed by atoms with E-state index in [9.17, 15) is 0 Å². The van der Waals surface area contributed by atoms with Crippen LogP contribution in [0, 0.1) is 0 Å². The molecule has 9 heavy (non-hydrogen) atoms. The summed E-state index contributed by atoms with van der Waals surface area (Å²) in [5.41, 5.74) is 0. The van der Waals surface area contributed by atoms with Crippen LogP contribution in [0.2, 0.25) is 0 Å². The van der Waals surface area contributed by atoms with E-state index in [4.69, 9.17) is 0 Å². The molecule has 0 radical (unpaired) electrons. The molecular formula is C7H6S2. The van der Waals surface area contributed by atoms with Gasteiger partial charge in [0.15, 0.2) is 0 Å². The highest BCUT2D eigenvalue weighted by molar-refractivity contribution is 7.99. The van der Waals surface area contributed by atoms with Gasteiger partial charge in [-0.3, -0.25) is 0 Å². The maximum absolute atomic E-state index is 2.21. The van der Waals surface area contributed by atoms with Gasteiger partial charge in [0.1, 0.15) is 0 Å². The third-order valence-corrected chi connectivity index (χ3v) is 3.30. The van der Waals surface area contributed by atoms with Gasteiger partial charge in [-0.05, 0) is 17.5 Å². The van der Waals surface area contributed by atoms with E-state index in [0.717, 1.165) is 5.75 Å². The van der Waals surface area contributed by atoms with Gasteiger partial charge >= 0.3 is 0 Å². The summed E-state index contributed by atoms with van der Waals surface area (Å²) < 4.78 is 0. The zero-order valence-electron chi connectivity index (χ0n) is 4.83. The molecule has 0 aliphatic carbocycles. The highest BCUT2D eigenvalue weighted by Gasteiger charge is 2.03. The van der Waals surface area contributed by atoms with Crippen LogP contribution in [0.3, 0.4) is 0 Å². The van der Waals surface area contributed by atoms with Gasteiger partial charge in [0.2, 0.25) is 0 Å². The quantitative estimate of drug-likeness (QED) is 0.553. The third-order valence-electron chi connectivity index (χ3n) is 1.26. The summed E-state index contributed by atoms with van der Waals surface area (Å²) >= 11 is 3.74. The first kappa shape index (κ1) is 5.57. The largest absolute Gasteiger partial charge is 0.143 e. The first-order chi connectivity index (χ1) is 4.47. The monoisotopic (exact) mass is 154 g/mol. The lowest BCUT2D eigenvalue weighted by atomic mass is 10.4. The fourth-order valence-electron chi connectivity index (χ4n) is 0.843. The molecule has 1 aliphatic heterocycles. The lowest BCUT2D eigenvalue weighted by Gasteiger charge is -2.01. The van der Waals surface area contributed by atoms with E-state index in [1.54, 1.807) is 0 Å². The van der Waals surface area contributed by atoms with Gasteiger partial charge < -0.3 is 0 Å². The predicted molar refractivity (Wildman–Crippen MR) is 44.1 cm³/mol. The van der Waals surface area contributed by atoms with Gasteiger partial charge in [0.05, 0.1) is 0 Å². The van der Waals surface area contributed by atoms with Crippen LogP contribution in [0.5, 0.6) is 0 Å². The minimum Gasteiger partial charge on any atom is -0.143 e. The zero-order chi connectivity index (χ0) is 6.10. The van der Waals surface area contributed by atoms with Crippen molar-refractivity contribution in [3.63, 3.8) is 0 Å². The lowest BCUT2D eigenvalue weighted by molar-refractivity contribution is 1.52. The second-order valence-corrected chi connectivity index (χ2v) is 3.87. The van der Waals surface area contributed by atoms with Gasteiger partial charge in [0, 0.05) is 15.5 Å². The molecule has 2 heteroatoms. The number of thioether (sulfide) groups is 1. The summed E-state index contributed by atoms with van der Waals surface area (Å²) in [6.45, 7) is 0. The van der Waals surface area contributed by atoms with Crippen molar-refractivity contribution in [2.45, 2.75) is 4.90 Å². The predicted octanol–water partition coefficient (Wildman–Crippen LogP) is 2.87. The van der Waals surface area contributed by atoms with Crippen molar-refractivity contribution in [3.05, 3.63) is 22.4 Å². The van der Waals surface area contributed by atoms with Crippen LogP contribution in [-0.2, 0) is 0 Å². The fourth-order valence-corrected chi connectivity index (χ4v) is 2.71. The molecule has 0 nitrogen and oxygen atoms in total. The van der Waals surface area contributed by atoms with Gasteiger partial charge in [-0.25, -0.2) is 0 Å². The Hall–Kier alpha value is -0.210. The second-order valence-electron chi connectivity index (χ2n) is 1.86. The Morgan fingerprint density at radius 2 is 2.44 bits per heavy atom. The maximum atomic E-state index is 2.21. The van der Waals surface area contributed by atoms with Crippen molar-refractivity contribution >= 4 is 29.2 Å². The van der Waals surface area contributed by atoms with Crippen molar-refractivity contribution < 1.29 is 0 Å². The Balaban J connectivity index is 2.53. The molecule has 1 aliphatic rings. The van der Waals surface area contributed by atoms with Crippen LogP contribution in [-0.4, -0.2) is 5.75 Å². The summed E-state index contributed by atoms with van der Waals surface area (Å²) in [5.74, 6) is 1.14. The van der Waals surface area contributed by atoms with E-state index in [1.165, 1.54) is 9.77 Å². The standard InChI is InChI=1S/C7H6S2/c1-2-6-7(8-4-1)3-5-9-6/h1-3,5H,4H2. The highest BCUT2D eigenvalue weighted by Crippen LogP contribution is 2.31. The minimum atomic E-state index is 1.14. The lowest BCUT2D eigenvalue weighted by Crippen LogP contribution is -1.78. The van der Waals surface area contributed by atoms with E-state index >= 15 is 0 Å². The Morgan fingerprint density at radius 3 is 3.33 bits per heavy atom. The average molecular weight is 154 g/mol. The maximum Gasteiger partial charge on any atom is 0.0403 e. The summed E-state index contributed by atoms with van der Waals surface area (Å²) in [6.07, 6.45) is 4.42. The number of rotatable bonds is 0. The topological polar surface area (TPSA) is 0 Å². The molecule has 1 aromatic heterocycles. The summed E-state index contributed by atoms with van der Waals surface area (Å²) in [5, 5.41) is 2.15.